The molecule has 3 rings (SSSR count). The predicted octanol–water partition coefficient (Wildman–Crippen LogP) is 4.27. The van der Waals surface area contributed by atoms with Crippen molar-refractivity contribution in [3.63, 3.8) is 0 Å². The monoisotopic (exact) mass is 460 g/mol. The molecule has 0 atom stereocenters. The second-order valence-corrected chi connectivity index (χ2v) is 8.33. The number of ketones is 1. The molecule has 29 heavy (non-hydrogen) atoms. The van der Waals surface area contributed by atoms with Crippen molar-refractivity contribution in [1.29, 1.82) is 0 Å². The van der Waals surface area contributed by atoms with Crippen LogP contribution in [0.1, 0.15) is 31.5 Å². The van der Waals surface area contributed by atoms with Crippen LogP contribution in [0.2, 0.25) is 0 Å². The molecule has 1 heterocycles. The van der Waals surface area contributed by atoms with Gasteiger partial charge in [-0.2, -0.15) is 0 Å². The molecule has 0 saturated heterocycles. The number of benzene rings is 2. The topological polar surface area (TPSA) is 89.3 Å². The first-order valence-corrected chi connectivity index (χ1v) is 9.57. The van der Waals surface area contributed by atoms with Gasteiger partial charge in [-0.1, -0.05) is 34.9 Å². The predicted molar refractivity (Wildman–Crippen MR) is 110 cm³/mol. The summed E-state index contributed by atoms with van der Waals surface area (Å²) in [6.07, 6.45) is -0.105. The zero-order valence-corrected chi connectivity index (χ0v) is 17.6. The summed E-state index contributed by atoms with van der Waals surface area (Å²) in [6.45, 7) is 5.20. The maximum atomic E-state index is 13.7. The van der Waals surface area contributed by atoms with Crippen LogP contribution in [0.5, 0.6) is 0 Å². The minimum absolute atomic E-state index is 0.105. The largest absolute Gasteiger partial charge is 0.366 e. The maximum Gasteiger partial charge on any atom is 0.366 e. The lowest BCUT2D eigenvalue weighted by Gasteiger charge is -2.24. The first kappa shape index (κ1) is 20.9. The van der Waals surface area contributed by atoms with Crippen LogP contribution in [0.25, 0.3) is 10.8 Å². The van der Waals surface area contributed by atoms with Crippen LogP contribution < -0.4 is 10.9 Å². The lowest BCUT2D eigenvalue weighted by atomic mass is 9.80. The quantitative estimate of drug-likeness (QED) is 0.574. The molecule has 0 saturated carbocycles. The number of nitrogens with one attached hydrogen (secondary N) is 1. The number of fused-ring (bicyclic) bond motifs is 1. The molecular weight excluding hydrogens is 443 g/mol. The highest BCUT2D eigenvalue weighted by molar-refractivity contribution is 9.10. The number of carbonyl (C=O) groups is 2. The van der Waals surface area contributed by atoms with Crippen LogP contribution in [0, 0.1) is 12.7 Å². The van der Waals surface area contributed by atoms with Gasteiger partial charge in [0.1, 0.15) is 5.82 Å². The molecule has 0 bridgehead atoms. The molecule has 0 radical (unpaired) electrons. The van der Waals surface area contributed by atoms with Gasteiger partial charge in [0.2, 0.25) is 5.78 Å². The zero-order valence-electron chi connectivity index (χ0n) is 16.0. The van der Waals surface area contributed by atoms with E-state index in [1.165, 1.54) is 24.3 Å². The molecule has 0 spiro atoms. The number of halogens is 2. The summed E-state index contributed by atoms with van der Waals surface area (Å²) < 4.78 is 18.9. The first-order chi connectivity index (χ1) is 13.6. The Bertz CT molecular complexity index is 1170. The third-order valence-electron chi connectivity index (χ3n) is 4.65. The fourth-order valence-electron chi connectivity index (χ4n) is 3.04. The van der Waals surface area contributed by atoms with Crippen molar-refractivity contribution < 1.29 is 18.5 Å². The van der Waals surface area contributed by atoms with E-state index in [-0.39, 0.29) is 6.42 Å². The molecule has 3 aromatic rings. The van der Waals surface area contributed by atoms with E-state index in [4.69, 9.17) is 0 Å². The van der Waals surface area contributed by atoms with Crippen LogP contribution in [-0.4, -0.2) is 16.8 Å². The smallest absolute Gasteiger partial charge is 0.319 e. The molecule has 0 aliphatic carbocycles. The number of anilines is 1. The Morgan fingerprint density at radius 1 is 1.17 bits per heavy atom. The van der Waals surface area contributed by atoms with Crippen LogP contribution in [0.15, 0.2) is 50.2 Å². The fourth-order valence-corrected chi connectivity index (χ4v) is 3.50. The number of aromatic nitrogens is 1. The van der Waals surface area contributed by atoms with E-state index in [0.29, 0.717) is 32.2 Å². The number of Topliss-reactive ketones (excluding diaryl/α,β-unsaturated/α-hetero) is 1. The van der Waals surface area contributed by atoms with Gasteiger partial charge < -0.3 is 9.84 Å². The van der Waals surface area contributed by atoms with Crippen LogP contribution in [0.3, 0.4) is 0 Å². The van der Waals surface area contributed by atoms with Crippen molar-refractivity contribution in [2.75, 3.05) is 5.32 Å². The van der Waals surface area contributed by atoms with Gasteiger partial charge in [0.15, 0.2) is 0 Å². The maximum absolute atomic E-state index is 13.7. The summed E-state index contributed by atoms with van der Waals surface area (Å²) in [5, 5.41) is 7.06. The summed E-state index contributed by atoms with van der Waals surface area (Å²) in [4.78, 5) is 36.6. The molecule has 0 aliphatic heterocycles. The van der Waals surface area contributed by atoms with E-state index in [2.05, 4.69) is 30.9 Å². The van der Waals surface area contributed by atoms with Gasteiger partial charge >= 0.3 is 5.63 Å². The van der Waals surface area contributed by atoms with E-state index in [1.54, 1.807) is 32.9 Å². The SMILES string of the molecule is Cc1noc(=O)c2ccc(NC(=O)C(=O)CC(C)(C)c3cc(F)cc(Br)c3)cc12. The van der Waals surface area contributed by atoms with Crippen molar-refractivity contribution in [3.05, 3.63) is 68.4 Å². The molecular formula is C21H18BrFN2O4. The Labute approximate surface area is 174 Å². The Balaban J connectivity index is 1.78. The van der Waals surface area contributed by atoms with Crippen molar-refractivity contribution >= 4 is 44.1 Å². The molecule has 0 unspecified atom stereocenters. The van der Waals surface area contributed by atoms with E-state index in [1.807, 2.05) is 0 Å². The lowest BCUT2D eigenvalue weighted by molar-refractivity contribution is -0.135. The normalized spacial score (nSPS) is 11.5. The van der Waals surface area contributed by atoms with Crippen LogP contribution >= 0.6 is 15.9 Å². The number of rotatable bonds is 5. The lowest BCUT2D eigenvalue weighted by Crippen LogP contribution is -2.30. The van der Waals surface area contributed by atoms with Gasteiger partial charge in [-0.05, 0) is 54.3 Å². The number of nitrogens with zero attached hydrogens (tertiary/aromatic N) is 1. The Kier molecular flexibility index (Phi) is 5.66. The molecule has 6 nitrogen and oxygen atoms in total. The summed E-state index contributed by atoms with van der Waals surface area (Å²) in [6, 6.07) is 8.97. The number of hydrogen-bond acceptors (Lipinski definition) is 5. The summed E-state index contributed by atoms with van der Waals surface area (Å²) in [5.41, 5.74) is 0.117. The number of hydrogen-bond donors (Lipinski definition) is 1. The summed E-state index contributed by atoms with van der Waals surface area (Å²) in [7, 11) is 0. The third-order valence-corrected chi connectivity index (χ3v) is 5.11. The van der Waals surface area contributed by atoms with Gasteiger partial charge in [0, 0.05) is 22.0 Å². The van der Waals surface area contributed by atoms with E-state index >= 15 is 0 Å². The zero-order chi connectivity index (χ0) is 21.3. The molecule has 8 heteroatoms. The second-order valence-electron chi connectivity index (χ2n) is 7.41. The van der Waals surface area contributed by atoms with Gasteiger partial charge in [-0.15, -0.1) is 0 Å². The number of amides is 1. The molecule has 150 valence electrons. The van der Waals surface area contributed by atoms with Gasteiger partial charge in [0.05, 0.1) is 11.1 Å². The highest BCUT2D eigenvalue weighted by Crippen LogP contribution is 2.30. The highest BCUT2D eigenvalue weighted by atomic mass is 79.9. The molecule has 0 fully saturated rings. The molecule has 2 aromatic carbocycles. The summed E-state index contributed by atoms with van der Waals surface area (Å²) in [5.74, 6) is -1.86. The van der Waals surface area contributed by atoms with Crippen molar-refractivity contribution in [1.82, 2.24) is 5.16 Å². The molecule has 1 aromatic heterocycles. The minimum atomic E-state index is -0.790. The Morgan fingerprint density at radius 2 is 1.90 bits per heavy atom. The summed E-state index contributed by atoms with van der Waals surface area (Å²) >= 11 is 3.24. The fraction of sp³-hybridized carbons (Fsp3) is 0.238. The third kappa shape index (κ3) is 4.59. The van der Waals surface area contributed by atoms with Gasteiger partial charge in [-0.3, -0.25) is 9.59 Å². The van der Waals surface area contributed by atoms with Crippen molar-refractivity contribution in [2.45, 2.75) is 32.6 Å². The van der Waals surface area contributed by atoms with Crippen molar-refractivity contribution in [3.8, 4) is 0 Å². The van der Waals surface area contributed by atoms with Crippen LogP contribution in [0.4, 0.5) is 10.1 Å². The molecule has 1 N–H and O–H groups in total. The Morgan fingerprint density at radius 3 is 2.59 bits per heavy atom. The van der Waals surface area contributed by atoms with E-state index < -0.39 is 28.5 Å². The van der Waals surface area contributed by atoms with Crippen LogP contribution in [-0.2, 0) is 15.0 Å². The number of aryl methyl sites for hydroxylation is 1. The second kappa shape index (κ2) is 7.87. The van der Waals surface area contributed by atoms with Crippen molar-refractivity contribution in [2.24, 2.45) is 0 Å². The molecule has 1 amide bonds. The van der Waals surface area contributed by atoms with E-state index in [0.717, 1.165) is 0 Å². The standard InChI is InChI=1S/C21H18BrFN2O4/c1-11-17-9-15(4-5-16(17)20(28)29-25-11)24-19(27)18(26)10-21(2,3)12-6-13(22)8-14(23)7-12/h4-9H,10H2,1-3H3,(H,24,27). The first-order valence-electron chi connectivity index (χ1n) is 8.78. The Hall–Kier alpha value is -2.87. The minimum Gasteiger partial charge on any atom is -0.319 e. The molecule has 0 aliphatic rings. The average Bonchev–Trinajstić information content (AvgIpc) is 2.63. The van der Waals surface area contributed by atoms with E-state index in [9.17, 15) is 18.8 Å². The number of carbonyl (C=O) groups excluding carboxylic acids is 2. The average molecular weight is 461 g/mol. The van der Waals surface area contributed by atoms with Gasteiger partial charge in [0.25, 0.3) is 5.91 Å². The van der Waals surface area contributed by atoms with Gasteiger partial charge in [-0.25, -0.2) is 9.18 Å². The highest BCUT2D eigenvalue weighted by Gasteiger charge is 2.28.